The van der Waals surface area contributed by atoms with E-state index in [2.05, 4.69) is 14.7 Å². The first-order chi connectivity index (χ1) is 21.9. The van der Waals surface area contributed by atoms with E-state index < -0.39 is 72.0 Å². The number of carbonyl (C=O) groups excluding carboxylic acids is 2. The minimum absolute atomic E-state index is 0.0271. The van der Waals surface area contributed by atoms with Gasteiger partial charge in [0.15, 0.2) is 0 Å². The number of carbonyl (C=O) groups is 2. The molecule has 2 saturated carbocycles. The van der Waals surface area contributed by atoms with Crippen molar-refractivity contribution in [1.82, 2.24) is 14.4 Å². The van der Waals surface area contributed by atoms with Crippen molar-refractivity contribution in [2.24, 2.45) is 0 Å². The molecule has 2 unspecified atom stereocenters. The monoisotopic (exact) mass is 713 g/mol. The number of benzene rings is 1. The fourth-order valence-corrected chi connectivity index (χ4v) is 8.00. The second-order valence-corrected chi connectivity index (χ2v) is 14.7. The van der Waals surface area contributed by atoms with Crippen LogP contribution in [-0.4, -0.2) is 64.3 Å². The summed E-state index contributed by atoms with van der Waals surface area (Å²) in [5, 5.41) is -1.80. The number of alkyl halides is 6. The maximum atomic E-state index is 15.6. The van der Waals surface area contributed by atoms with E-state index >= 15 is 4.39 Å². The van der Waals surface area contributed by atoms with Crippen molar-refractivity contribution >= 4 is 33.5 Å². The molecule has 2 saturated heterocycles. The molecule has 1 aromatic carbocycles. The van der Waals surface area contributed by atoms with Crippen LogP contribution in [0.3, 0.4) is 0 Å². The van der Waals surface area contributed by atoms with Crippen molar-refractivity contribution in [3.05, 3.63) is 57.5 Å². The molecule has 0 radical (unpaired) electrons. The number of pyridine rings is 1. The molecule has 6 rings (SSSR count). The van der Waals surface area contributed by atoms with Crippen LogP contribution in [0.4, 0.5) is 30.7 Å². The van der Waals surface area contributed by atoms with Crippen LogP contribution < -0.4 is 4.74 Å². The maximum absolute atomic E-state index is 15.6. The first-order valence-electron chi connectivity index (χ1n) is 14.8. The topological polar surface area (TPSA) is 106 Å². The number of hydroxylamine groups is 1. The third kappa shape index (κ3) is 7.02. The Bertz CT molecular complexity index is 1680. The number of hydrogen-bond acceptors (Lipinski definition) is 8. The molecule has 4 aliphatic rings. The Morgan fingerprint density at radius 2 is 1.62 bits per heavy atom. The zero-order chi connectivity index (χ0) is 34.1. The van der Waals surface area contributed by atoms with Crippen molar-refractivity contribution in [2.45, 2.75) is 99.6 Å². The van der Waals surface area contributed by atoms with Crippen LogP contribution in [0.2, 0.25) is 5.02 Å². The number of hydrogen-bond donors (Lipinski definition) is 0. The number of amides is 1. The van der Waals surface area contributed by atoms with E-state index in [0.29, 0.717) is 36.8 Å². The Hall–Kier alpha value is -3.18. The molecule has 256 valence electrons. The minimum Gasteiger partial charge on any atom is -0.474 e. The van der Waals surface area contributed by atoms with Gasteiger partial charge in [0.05, 0.1) is 27.6 Å². The molecule has 0 spiro atoms. The second kappa shape index (κ2) is 12.1. The zero-order valence-electron chi connectivity index (χ0n) is 24.3. The van der Waals surface area contributed by atoms with Crippen LogP contribution in [0.5, 0.6) is 5.88 Å². The standard InChI is InChI=1S/C29H27ClF7N3O6S/c30-23-12-38-25(11-22(23)28(32,33)34)45-18-8-16-3-4-17(9-18)39(16)13-15-7-24(31)21(10-20(15)14-1-2-14)26(41)40(46-27(42)29(35,36)37)47(43,44)19-5-6-19/h7,10-12,14,16-19H,1-6,8-9,13H2. The van der Waals surface area contributed by atoms with E-state index in [-0.39, 0.29) is 43.3 Å². The lowest BCUT2D eigenvalue weighted by Crippen LogP contribution is -2.46. The highest BCUT2D eigenvalue weighted by molar-refractivity contribution is 7.90. The Morgan fingerprint density at radius 1 is 0.979 bits per heavy atom. The SMILES string of the molecule is O=C(c1cc(C2CC2)c(CN2C3CCC2CC(Oc2cc(C(F)(F)F)c(Cl)cn2)C3)cc1F)N(OC(=O)C(F)(F)F)S(=O)(=O)C1CC1. The second-order valence-electron chi connectivity index (χ2n) is 12.2. The summed E-state index contributed by atoms with van der Waals surface area (Å²) in [5.74, 6) is -6.21. The lowest BCUT2D eigenvalue weighted by atomic mass is 9.95. The van der Waals surface area contributed by atoms with Crippen LogP contribution in [0.25, 0.3) is 0 Å². The summed E-state index contributed by atoms with van der Waals surface area (Å²) in [6.45, 7) is 0.226. The van der Waals surface area contributed by atoms with Crippen LogP contribution in [0, 0.1) is 5.82 Å². The molecule has 9 nitrogen and oxygen atoms in total. The normalized spacial score (nSPS) is 23.4. The molecular weight excluding hydrogens is 687 g/mol. The maximum Gasteiger partial charge on any atom is 0.493 e. The molecule has 1 aromatic heterocycles. The minimum atomic E-state index is -5.62. The summed E-state index contributed by atoms with van der Waals surface area (Å²) < 4.78 is 125. The quantitative estimate of drug-likeness (QED) is 0.232. The van der Waals surface area contributed by atoms with Gasteiger partial charge < -0.3 is 9.57 Å². The first-order valence-corrected chi connectivity index (χ1v) is 16.7. The van der Waals surface area contributed by atoms with Crippen LogP contribution >= 0.6 is 11.6 Å². The van der Waals surface area contributed by atoms with Crippen LogP contribution in [-0.2, 0) is 32.4 Å². The van der Waals surface area contributed by atoms with Crippen LogP contribution in [0.15, 0.2) is 24.4 Å². The molecule has 0 N–H and O–H groups in total. The number of fused-ring (bicyclic) bond motifs is 2. The van der Waals surface area contributed by atoms with Gasteiger partial charge in [-0.15, -0.1) is 0 Å². The lowest BCUT2D eigenvalue weighted by molar-refractivity contribution is -0.217. The summed E-state index contributed by atoms with van der Waals surface area (Å²) in [7, 11) is -4.86. The Morgan fingerprint density at radius 3 is 2.17 bits per heavy atom. The Balaban J connectivity index is 1.21. The van der Waals surface area contributed by atoms with Gasteiger partial charge in [0.2, 0.25) is 5.88 Å². The van der Waals surface area contributed by atoms with Crippen molar-refractivity contribution in [2.75, 3.05) is 0 Å². The fourth-order valence-electron chi connectivity index (χ4n) is 6.29. The van der Waals surface area contributed by atoms with Crippen molar-refractivity contribution < 1.29 is 58.3 Å². The number of ether oxygens (including phenoxy) is 1. The Kier molecular flexibility index (Phi) is 8.65. The highest BCUT2D eigenvalue weighted by Crippen LogP contribution is 2.45. The smallest absolute Gasteiger partial charge is 0.474 e. The number of sulfonamides is 1. The summed E-state index contributed by atoms with van der Waals surface area (Å²) in [4.78, 5) is 34.8. The molecule has 2 aliphatic carbocycles. The Labute approximate surface area is 269 Å². The third-order valence-electron chi connectivity index (χ3n) is 8.83. The largest absolute Gasteiger partial charge is 0.493 e. The van der Waals surface area contributed by atoms with Crippen molar-refractivity contribution in [1.29, 1.82) is 0 Å². The number of nitrogens with zero attached hydrogens (tertiary/aromatic N) is 3. The summed E-state index contributed by atoms with van der Waals surface area (Å²) in [6.07, 6.45) is -6.10. The third-order valence-corrected chi connectivity index (χ3v) is 11.2. The highest BCUT2D eigenvalue weighted by atomic mass is 35.5. The molecule has 3 heterocycles. The number of rotatable bonds is 8. The molecule has 2 atom stereocenters. The number of halogens is 8. The number of aromatic nitrogens is 1. The molecule has 18 heteroatoms. The van der Waals surface area contributed by atoms with Crippen molar-refractivity contribution in [3.63, 3.8) is 0 Å². The molecular formula is C29H27ClF7N3O6S. The van der Waals surface area contributed by atoms with Crippen molar-refractivity contribution in [3.8, 4) is 5.88 Å². The molecule has 4 fully saturated rings. The zero-order valence-corrected chi connectivity index (χ0v) is 25.9. The first kappa shape index (κ1) is 33.7. The summed E-state index contributed by atoms with van der Waals surface area (Å²) in [5.41, 5.74) is -0.897. The van der Waals surface area contributed by atoms with E-state index in [9.17, 15) is 44.3 Å². The van der Waals surface area contributed by atoms with Gasteiger partial charge in [-0.05, 0) is 80.5 Å². The highest BCUT2D eigenvalue weighted by Gasteiger charge is 2.50. The summed E-state index contributed by atoms with van der Waals surface area (Å²) in [6, 6.07) is 2.76. The predicted molar refractivity (Wildman–Crippen MR) is 149 cm³/mol. The molecule has 2 bridgehead atoms. The van der Waals surface area contributed by atoms with Gasteiger partial charge in [-0.25, -0.2) is 22.6 Å². The predicted octanol–water partition coefficient (Wildman–Crippen LogP) is 6.30. The van der Waals surface area contributed by atoms with Gasteiger partial charge in [-0.3, -0.25) is 9.69 Å². The van der Waals surface area contributed by atoms with Gasteiger partial charge in [0.1, 0.15) is 11.9 Å². The molecule has 1 amide bonds. The van der Waals surface area contributed by atoms with E-state index in [1.165, 1.54) is 0 Å². The van der Waals surface area contributed by atoms with Crippen LogP contribution in [0.1, 0.15) is 84.3 Å². The molecule has 2 aromatic rings. The summed E-state index contributed by atoms with van der Waals surface area (Å²) >= 11 is 5.66. The average Bonchev–Trinajstić information content (AvgIpc) is 3.89. The molecule has 2 aliphatic heterocycles. The van der Waals surface area contributed by atoms with Gasteiger partial charge >= 0.3 is 24.2 Å². The van der Waals surface area contributed by atoms with Gasteiger partial charge in [0, 0.05) is 24.7 Å². The van der Waals surface area contributed by atoms with E-state index in [1.54, 1.807) is 0 Å². The fraction of sp³-hybridized carbons (Fsp3) is 0.552. The van der Waals surface area contributed by atoms with E-state index in [1.807, 2.05) is 0 Å². The van der Waals surface area contributed by atoms with Gasteiger partial charge in [-0.1, -0.05) is 16.1 Å². The lowest BCUT2D eigenvalue weighted by Gasteiger charge is -2.39. The van der Waals surface area contributed by atoms with Gasteiger partial charge in [-0.2, -0.15) is 26.3 Å². The van der Waals surface area contributed by atoms with Gasteiger partial charge in [0.25, 0.3) is 10.0 Å². The molecule has 47 heavy (non-hydrogen) atoms. The van der Waals surface area contributed by atoms with E-state index in [4.69, 9.17) is 16.3 Å². The number of piperidine rings is 1. The average molecular weight is 714 g/mol. The van der Waals surface area contributed by atoms with E-state index in [0.717, 1.165) is 37.2 Å².